The Kier molecular flexibility index (Phi) is 6.89. The van der Waals surface area contributed by atoms with Gasteiger partial charge < -0.3 is 10.2 Å². The van der Waals surface area contributed by atoms with E-state index in [1.165, 1.54) is 69.1 Å². The van der Waals surface area contributed by atoms with Crippen LogP contribution in [0.5, 0.6) is 0 Å². The summed E-state index contributed by atoms with van der Waals surface area (Å²) in [6, 6.07) is 0. The summed E-state index contributed by atoms with van der Waals surface area (Å²) in [7, 11) is 0. The summed E-state index contributed by atoms with van der Waals surface area (Å²) in [6.45, 7) is 8.33. The lowest BCUT2D eigenvalue weighted by Gasteiger charge is -2.57. The van der Waals surface area contributed by atoms with Gasteiger partial charge in [0.05, 0.1) is 0 Å². The average Bonchev–Trinajstić information content (AvgIpc) is 2.66. The zero-order valence-corrected chi connectivity index (χ0v) is 19.9. The lowest BCUT2D eigenvalue weighted by Crippen LogP contribution is -2.46. The molecule has 178 valence electrons. The van der Waals surface area contributed by atoms with Gasteiger partial charge in [0.15, 0.2) is 0 Å². The molecule has 8 rings (SSSR count). The van der Waals surface area contributed by atoms with Gasteiger partial charge in [0.1, 0.15) is 0 Å². The second-order valence-corrected chi connectivity index (χ2v) is 12.5. The summed E-state index contributed by atoms with van der Waals surface area (Å²) < 4.78 is 0. The van der Waals surface area contributed by atoms with Crippen LogP contribution in [0, 0.1) is 46.8 Å². The molecule has 0 saturated heterocycles. The Hall–Kier alpha value is -1.58. The number of carboxylic acids is 2. The van der Waals surface area contributed by atoms with Gasteiger partial charge in [0.25, 0.3) is 0 Å². The molecule has 32 heavy (non-hydrogen) atoms. The molecule has 8 aliphatic carbocycles. The van der Waals surface area contributed by atoms with Crippen molar-refractivity contribution in [2.45, 2.75) is 90.4 Å². The molecule has 0 aromatic rings. The topological polar surface area (TPSA) is 74.6 Å². The van der Waals surface area contributed by atoms with Gasteiger partial charge in [0.2, 0.25) is 0 Å². The van der Waals surface area contributed by atoms with Crippen molar-refractivity contribution in [3.05, 3.63) is 24.3 Å². The Morgan fingerprint density at radius 2 is 0.938 bits per heavy atom. The number of aliphatic carboxylic acids is 2. The maximum absolute atomic E-state index is 10.9. The lowest BCUT2D eigenvalue weighted by molar-refractivity contribution is -0.134. The van der Waals surface area contributed by atoms with Crippen LogP contribution in [0.3, 0.4) is 0 Å². The predicted molar refractivity (Wildman–Crippen MR) is 126 cm³/mol. The van der Waals surface area contributed by atoms with Crippen molar-refractivity contribution in [2.24, 2.45) is 46.8 Å². The normalized spacial score (nSPS) is 41.7. The number of rotatable bonds is 4. The number of hydrogen-bond donors (Lipinski definition) is 2. The van der Waals surface area contributed by atoms with Gasteiger partial charge >= 0.3 is 11.9 Å². The number of carbonyl (C=O) groups is 2. The number of hydrogen-bond acceptors (Lipinski definition) is 2. The van der Waals surface area contributed by atoms with E-state index in [0.29, 0.717) is 11.0 Å². The second kappa shape index (κ2) is 9.35. The molecule has 0 aliphatic heterocycles. The summed E-state index contributed by atoms with van der Waals surface area (Å²) in [6.07, 6.45) is 18.4. The molecular formula is C28H42O4. The van der Waals surface area contributed by atoms with Crippen molar-refractivity contribution in [2.75, 3.05) is 0 Å². The fourth-order valence-electron chi connectivity index (χ4n) is 9.02. The van der Waals surface area contributed by atoms with Crippen LogP contribution in [0.25, 0.3) is 0 Å². The zero-order valence-electron chi connectivity index (χ0n) is 19.9. The molecule has 0 aromatic carbocycles. The Morgan fingerprint density at radius 1 is 0.656 bits per heavy atom. The van der Waals surface area contributed by atoms with E-state index < -0.39 is 11.9 Å². The second-order valence-electron chi connectivity index (χ2n) is 12.5. The molecule has 0 radical (unpaired) electrons. The van der Waals surface area contributed by atoms with Gasteiger partial charge in [-0.25, -0.2) is 9.59 Å². The van der Waals surface area contributed by atoms with E-state index in [4.69, 9.17) is 10.2 Å². The van der Waals surface area contributed by atoms with Gasteiger partial charge in [-0.05, 0) is 137 Å². The molecule has 8 bridgehead atoms. The zero-order chi connectivity index (χ0) is 23.0. The summed E-state index contributed by atoms with van der Waals surface area (Å²) in [5.41, 5.74) is 0.932. The van der Waals surface area contributed by atoms with E-state index in [-0.39, 0.29) is 5.57 Å². The summed E-state index contributed by atoms with van der Waals surface area (Å²) in [5, 5.41) is 16.9. The molecule has 0 heterocycles. The average molecular weight is 443 g/mol. The van der Waals surface area contributed by atoms with Crippen LogP contribution in [-0.4, -0.2) is 22.2 Å². The molecule has 4 heteroatoms. The van der Waals surface area contributed by atoms with Crippen molar-refractivity contribution in [1.29, 1.82) is 0 Å². The minimum Gasteiger partial charge on any atom is -0.478 e. The molecule has 0 unspecified atom stereocenters. The molecule has 2 N–H and O–H groups in total. The molecule has 8 saturated carbocycles. The maximum Gasteiger partial charge on any atom is 0.330 e. The molecule has 0 amide bonds. The molecule has 0 atom stereocenters. The van der Waals surface area contributed by atoms with Crippen LogP contribution in [0.1, 0.15) is 90.4 Å². The first-order chi connectivity index (χ1) is 15.1. The molecular weight excluding hydrogens is 400 g/mol. The monoisotopic (exact) mass is 442 g/mol. The molecule has 0 aromatic heterocycles. The minimum atomic E-state index is -0.935. The van der Waals surface area contributed by atoms with E-state index in [2.05, 4.69) is 13.2 Å². The first-order valence-electron chi connectivity index (χ1n) is 12.9. The third kappa shape index (κ3) is 5.48. The van der Waals surface area contributed by atoms with E-state index in [9.17, 15) is 9.59 Å². The fraction of sp³-hybridized carbons (Fsp3) is 0.786. The van der Waals surface area contributed by atoms with Crippen LogP contribution >= 0.6 is 0 Å². The fourth-order valence-corrected chi connectivity index (χ4v) is 9.02. The van der Waals surface area contributed by atoms with Gasteiger partial charge in [-0.1, -0.05) is 13.2 Å². The predicted octanol–water partition coefficient (Wildman–Crippen LogP) is 6.71. The van der Waals surface area contributed by atoms with Crippen LogP contribution in [0.15, 0.2) is 24.3 Å². The summed E-state index contributed by atoms with van der Waals surface area (Å²) >= 11 is 0. The molecule has 8 fully saturated rings. The highest BCUT2D eigenvalue weighted by atomic mass is 16.4. The molecule has 8 aliphatic rings. The third-order valence-electron chi connectivity index (χ3n) is 9.42. The Bertz CT molecular complexity index is 660. The van der Waals surface area contributed by atoms with Crippen molar-refractivity contribution >= 4 is 11.9 Å². The van der Waals surface area contributed by atoms with Crippen LogP contribution in [0.2, 0.25) is 0 Å². The quantitative estimate of drug-likeness (QED) is 0.474. The van der Waals surface area contributed by atoms with E-state index in [1.54, 1.807) is 38.5 Å². The smallest absolute Gasteiger partial charge is 0.330 e. The first-order valence-corrected chi connectivity index (χ1v) is 12.9. The van der Waals surface area contributed by atoms with E-state index in [1.807, 2.05) is 0 Å². The SMILES string of the molecule is C1C2CC3CC1CC(C2)C3.C=C(C)C(=O)O.C=C(CC12CC3CC(CC(C3)C1)C2)C(=O)O. The Morgan fingerprint density at radius 3 is 1.19 bits per heavy atom. The Labute approximate surface area is 193 Å². The van der Waals surface area contributed by atoms with Gasteiger partial charge in [-0.15, -0.1) is 0 Å². The van der Waals surface area contributed by atoms with Crippen LogP contribution in [-0.2, 0) is 9.59 Å². The van der Waals surface area contributed by atoms with Crippen LogP contribution < -0.4 is 0 Å². The van der Waals surface area contributed by atoms with Gasteiger partial charge in [0, 0.05) is 11.1 Å². The Balaban J connectivity index is 0.000000130. The van der Waals surface area contributed by atoms with Crippen LogP contribution in [0.4, 0.5) is 0 Å². The molecule has 4 nitrogen and oxygen atoms in total. The highest BCUT2D eigenvalue weighted by Crippen LogP contribution is 2.62. The largest absolute Gasteiger partial charge is 0.478 e. The van der Waals surface area contributed by atoms with E-state index in [0.717, 1.165) is 24.2 Å². The summed E-state index contributed by atoms with van der Waals surface area (Å²) in [4.78, 5) is 20.5. The van der Waals surface area contributed by atoms with Crippen molar-refractivity contribution in [1.82, 2.24) is 0 Å². The number of carboxylic acid groups (broad SMARTS) is 2. The van der Waals surface area contributed by atoms with Crippen molar-refractivity contribution in [3.63, 3.8) is 0 Å². The third-order valence-corrected chi connectivity index (χ3v) is 9.42. The van der Waals surface area contributed by atoms with Crippen molar-refractivity contribution in [3.8, 4) is 0 Å². The first kappa shape index (κ1) is 23.6. The van der Waals surface area contributed by atoms with Crippen molar-refractivity contribution < 1.29 is 19.8 Å². The van der Waals surface area contributed by atoms with E-state index >= 15 is 0 Å². The summed E-state index contributed by atoms with van der Waals surface area (Å²) in [5.74, 6) is 5.67. The lowest BCUT2D eigenvalue weighted by atomic mass is 9.48. The highest BCUT2D eigenvalue weighted by molar-refractivity contribution is 5.86. The standard InChI is InChI=1S/C14H20O2.C10H16.C4H6O2/c1-9(13(15)16)5-14-6-10-2-11(7-14)4-12(3-10)8-14;1-7-2-9-4-8(1)5-10(3-7)6-9;1-3(2)4(5)6/h10-12H,1-8H2,(H,15,16);7-10H,1-6H2;1H2,2H3,(H,5,6). The highest BCUT2D eigenvalue weighted by Gasteiger charge is 2.51. The van der Waals surface area contributed by atoms with Gasteiger partial charge in [-0.3, -0.25) is 0 Å². The van der Waals surface area contributed by atoms with Gasteiger partial charge in [-0.2, -0.15) is 0 Å². The minimum absolute atomic E-state index is 0.176. The maximum atomic E-state index is 10.9. The molecule has 0 spiro atoms.